The fourth-order valence-corrected chi connectivity index (χ4v) is 2.53. The maximum Gasteiger partial charge on any atom is 0.280 e. The zero-order chi connectivity index (χ0) is 9.10. The molecular formula is C8H10N2O2S. The summed E-state index contributed by atoms with van der Waals surface area (Å²) in [6.07, 6.45) is 2.87. The Hall–Kier alpha value is -0.840. The molecular weight excluding hydrogens is 188 g/mol. The van der Waals surface area contributed by atoms with E-state index in [1.165, 1.54) is 12.2 Å². The van der Waals surface area contributed by atoms with E-state index in [1.807, 2.05) is 11.8 Å². The Bertz CT molecular complexity index is 294. The van der Waals surface area contributed by atoms with Crippen LogP contribution in [0, 0.1) is 0 Å². The minimum atomic E-state index is 0.0885. The van der Waals surface area contributed by atoms with E-state index in [-0.39, 0.29) is 5.89 Å². The van der Waals surface area contributed by atoms with Gasteiger partial charge in [-0.2, -0.15) is 11.8 Å². The van der Waals surface area contributed by atoms with E-state index >= 15 is 0 Å². The molecule has 0 spiro atoms. The highest BCUT2D eigenvalue weighted by Crippen LogP contribution is 2.29. The van der Waals surface area contributed by atoms with E-state index in [2.05, 4.69) is 10.2 Å². The van der Waals surface area contributed by atoms with Gasteiger partial charge >= 0.3 is 0 Å². The van der Waals surface area contributed by atoms with E-state index in [0.29, 0.717) is 18.1 Å². The van der Waals surface area contributed by atoms with Crippen LogP contribution in [0.4, 0.5) is 0 Å². The predicted molar refractivity (Wildman–Crippen MR) is 49.0 cm³/mol. The van der Waals surface area contributed by atoms with Crippen LogP contribution >= 0.6 is 11.8 Å². The van der Waals surface area contributed by atoms with Crippen molar-refractivity contribution in [3.8, 4) is 0 Å². The molecule has 1 aromatic heterocycles. The Morgan fingerprint density at radius 1 is 1.54 bits per heavy atom. The lowest BCUT2D eigenvalue weighted by Gasteiger charge is -2.16. The molecule has 1 aliphatic rings. The van der Waals surface area contributed by atoms with Gasteiger partial charge in [-0.1, -0.05) is 0 Å². The third-order valence-electron chi connectivity index (χ3n) is 2.07. The van der Waals surface area contributed by atoms with E-state index in [4.69, 9.17) is 4.42 Å². The number of thioether (sulfide) groups is 1. The molecule has 2 heterocycles. The summed E-state index contributed by atoms with van der Waals surface area (Å²) >= 11 is 1.90. The van der Waals surface area contributed by atoms with Crippen LogP contribution in [-0.2, 0) is 0 Å². The summed E-state index contributed by atoms with van der Waals surface area (Å²) in [4.78, 5) is 10.3. The Morgan fingerprint density at radius 3 is 3.08 bits per heavy atom. The lowest BCUT2D eigenvalue weighted by Crippen LogP contribution is -2.08. The normalized spacial score (nSPS) is 22.9. The van der Waals surface area contributed by atoms with Crippen LogP contribution in [0.3, 0.4) is 0 Å². The predicted octanol–water partition coefficient (Wildman–Crippen LogP) is 1.49. The molecule has 0 N–H and O–H groups in total. The third-order valence-corrected chi connectivity index (χ3v) is 3.28. The summed E-state index contributed by atoms with van der Waals surface area (Å²) in [5, 5.41) is 7.47. The van der Waals surface area contributed by atoms with Crippen molar-refractivity contribution in [3.63, 3.8) is 0 Å². The van der Waals surface area contributed by atoms with Gasteiger partial charge in [0.1, 0.15) is 0 Å². The number of hydrogen-bond acceptors (Lipinski definition) is 5. The molecule has 4 nitrogen and oxygen atoms in total. The van der Waals surface area contributed by atoms with Crippen LogP contribution < -0.4 is 0 Å². The van der Waals surface area contributed by atoms with E-state index in [0.717, 1.165) is 12.2 Å². The van der Waals surface area contributed by atoms with E-state index in [9.17, 15) is 4.79 Å². The van der Waals surface area contributed by atoms with Crippen LogP contribution in [0.1, 0.15) is 35.3 Å². The quantitative estimate of drug-likeness (QED) is 0.674. The van der Waals surface area contributed by atoms with Crippen LogP contribution in [-0.4, -0.2) is 28.0 Å². The number of nitrogens with zero attached hydrogens (tertiary/aromatic N) is 2. The molecule has 0 amide bonds. The van der Waals surface area contributed by atoms with E-state index in [1.54, 1.807) is 0 Å². The Labute approximate surface area is 80.1 Å². The smallest absolute Gasteiger partial charge is 0.280 e. The second-order valence-corrected chi connectivity index (χ2v) is 4.16. The SMILES string of the molecule is O=Cc1nnc(C2CCCSC2)o1. The van der Waals surface area contributed by atoms with Gasteiger partial charge in [0, 0.05) is 11.7 Å². The summed E-state index contributed by atoms with van der Waals surface area (Å²) in [5.74, 6) is 3.30. The van der Waals surface area contributed by atoms with Crippen molar-refractivity contribution in [2.45, 2.75) is 18.8 Å². The molecule has 1 unspecified atom stereocenters. The average Bonchev–Trinajstić information content (AvgIpc) is 2.67. The van der Waals surface area contributed by atoms with Crippen molar-refractivity contribution in [3.05, 3.63) is 11.8 Å². The lowest BCUT2D eigenvalue weighted by molar-refractivity contribution is 0.109. The van der Waals surface area contributed by atoms with Crippen molar-refractivity contribution in [2.24, 2.45) is 0 Å². The summed E-state index contributed by atoms with van der Waals surface area (Å²) in [7, 11) is 0. The molecule has 0 radical (unpaired) electrons. The van der Waals surface area contributed by atoms with Gasteiger partial charge in [-0.05, 0) is 18.6 Å². The van der Waals surface area contributed by atoms with E-state index < -0.39 is 0 Å². The van der Waals surface area contributed by atoms with Crippen molar-refractivity contribution in [2.75, 3.05) is 11.5 Å². The minimum absolute atomic E-state index is 0.0885. The molecule has 0 aliphatic carbocycles. The molecule has 1 saturated heterocycles. The monoisotopic (exact) mass is 198 g/mol. The highest BCUT2D eigenvalue weighted by atomic mass is 32.2. The fraction of sp³-hybridized carbons (Fsp3) is 0.625. The molecule has 0 bridgehead atoms. The Balaban J connectivity index is 2.09. The Kier molecular flexibility index (Phi) is 2.63. The summed E-state index contributed by atoms with van der Waals surface area (Å²) < 4.78 is 5.17. The first kappa shape index (κ1) is 8.74. The number of aromatic nitrogens is 2. The number of aldehydes is 1. The zero-order valence-electron chi connectivity index (χ0n) is 7.10. The standard InChI is InChI=1S/C8H10N2O2S/c11-4-7-9-10-8(12-7)6-2-1-3-13-5-6/h4,6H,1-3,5H2. The maximum atomic E-state index is 10.3. The van der Waals surface area contributed by atoms with Crippen LogP contribution in [0.5, 0.6) is 0 Å². The fourth-order valence-electron chi connectivity index (χ4n) is 1.39. The van der Waals surface area contributed by atoms with Crippen LogP contribution in [0.25, 0.3) is 0 Å². The van der Waals surface area contributed by atoms with Crippen molar-refractivity contribution >= 4 is 18.0 Å². The summed E-state index contributed by atoms with van der Waals surface area (Å²) in [6.45, 7) is 0. The molecule has 1 atom stereocenters. The van der Waals surface area contributed by atoms with Gasteiger partial charge < -0.3 is 4.42 Å². The van der Waals surface area contributed by atoms with Gasteiger partial charge in [0.15, 0.2) is 0 Å². The number of rotatable bonds is 2. The average molecular weight is 198 g/mol. The first-order valence-corrected chi connectivity index (χ1v) is 5.42. The molecule has 70 valence electrons. The first-order valence-electron chi connectivity index (χ1n) is 4.26. The van der Waals surface area contributed by atoms with Crippen molar-refractivity contribution < 1.29 is 9.21 Å². The lowest BCUT2D eigenvalue weighted by atomic mass is 10.1. The van der Waals surface area contributed by atoms with Crippen molar-refractivity contribution in [1.82, 2.24) is 10.2 Å². The van der Waals surface area contributed by atoms with Gasteiger partial charge in [0.2, 0.25) is 12.2 Å². The second kappa shape index (κ2) is 3.91. The molecule has 1 aromatic rings. The van der Waals surface area contributed by atoms with Gasteiger partial charge in [0.05, 0.1) is 0 Å². The van der Waals surface area contributed by atoms with Crippen LogP contribution in [0.15, 0.2) is 4.42 Å². The number of hydrogen-bond donors (Lipinski definition) is 0. The van der Waals surface area contributed by atoms with Crippen molar-refractivity contribution in [1.29, 1.82) is 0 Å². The van der Waals surface area contributed by atoms with Gasteiger partial charge in [-0.3, -0.25) is 4.79 Å². The van der Waals surface area contributed by atoms with Gasteiger partial charge in [-0.25, -0.2) is 0 Å². The number of carbonyl (C=O) groups excluding carboxylic acids is 1. The minimum Gasteiger partial charge on any atom is -0.418 e. The van der Waals surface area contributed by atoms with Gasteiger partial charge in [-0.15, -0.1) is 10.2 Å². The molecule has 0 saturated carbocycles. The van der Waals surface area contributed by atoms with Gasteiger partial charge in [0.25, 0.3) is 5.89 Å². The molecule has 2 rings (SSSR count). The molecule has 1 fully saturated rings. The molecule has 1 aliphatic heterocycles. The Morgan fingerprint density at radius 2 is 2.46 bits per heavy atom. The molecule has 5 heteroatoms. The maximum absolute atomic E-state index is 10.3. The molecule has 13 heavy (non-hydrogen) atoms. The summed E-state index contributed by atoms with van der Waals surface area (Å²) in [6, 6.07) is 0. The zero-order valence-corrected chi connectivity index (χ0v) is 7.92. The second-order valence-electron chi connectivity index (χ2n) is 3.01. The topological polar surface area (TPSA) is 56.0 Å². The number of carbonyl (C=O) groups is 1. The molecule has 0 aromatic carbocycles. The highest BCUT2D eigenvalue weighted by Gasteiger charge is 2.21. The third kappa shape index (κ3) is 1.91. The first-order chi connectivity index (χ1) is 6.40. The highest BCUT2D eigenvalue weighted by molar-refractivity contribution is 7.99. The van der Waals surface area contributed by atoms with Crippen LogP contribution in [0.2, 0.25) is 0 Å². The summed E-state index contributed by atoms with van der Waals surface area (Å²) in [5.41, 5.74) is 0. The largest absolute Gasteiger partial charge is 0.418 e.